The van der Waals surface area contributed by atoms with Gasteiger partial charge in [-0.3, -0.25) is 0 Å². The van der Waals surface area contributed by atoms with Gasteiger partial charge in [0.25, 0.3) is 0 Å². The van der Waals surface area contributed by atoms with E-state index in [1.807, 2.05) is 0 Å². The minimum atomic E-state index is -0.149. The number of hydrogen-bond acceptors (Lipinski definition) is 1. The molecule has 62 heavy (non-hydrogen) atoms. The molecular formula is C61H45N. The van der Waals surface area contributed by atoms with E-state index in [4.69, 9.17) is 0 Å². The van der Waals surface area contributed by atoms with Crippen LogP contribution in [-0.4, -0.2) is 0 Å². The molecule has 0 unspecified atom stereocenters. The van der Waals surface area contributed by atoms with Gasteiger partial charge in [-0.2, -0.15) is 0 Å². The summed E-state index contributed by atoms with van der Waals surface area (Å²) in [6.45, 7) is 4.73. The predicted molar refractivity (Wildman–Crippen MR) is 263 cm³/mol. The third-order valence-corrected chi connectivity index (χ3v) is 12.9. The van der Waals surface area contributed by atoms with Crippen molar-refractivity contribution in [1.29, 1.82) is 0 Å². The second-order valence-electron chi connectivity index (χ2n) is 16.8. The molecule has 0 heterocycles. The van der Waals surface area contributed by atoms with Gasteiger partial charge in [-0.1, -0.05) is 220 Å². The van der Waals surface area contributed by atoms with E-state index in [9.17, 15) is 0 Å². The Labute approximate surface area is 364 Å². The van der Waals surface area contributed by atoms with E-state index in [1.54, 1.807) is 0 Å². The van der Waals surface area contributed by atoms with Gasteiger partial charge in [0.15, 0.2) is 0 Å². The SMILES string of the molecule is CC1(C)c2ccccc2-c2ccc(N(c3ccc(-c4cccc5ccccc45)cc3)c3ccccc3-c3cccc(-c4ccccc4)c3-c3ccccc3-c3ccccc3)cc21. The lowest BCUT2D eigenvalue weighted by molar-refractivity contribution is 0.660. The van der Waals surface area contributed by atoms with E-state index in [0.717, 1.165) is 22.6 Å². The molecule has 1 aliphatic rings. The first-order valence-corrected chi connectivity index (χ1v) is 21.6. The summed E-state index contributed by atoms with van der Waals surface area (Å²) in [6, 6.07) is 86.7. The monoisotopic (exact) mass is 791 g/mol. The number of hydrogen-bond donors (Lipinski definition) is 0. The second kappa shape index (κ2) is 15.4. The number of benzene rings is 10. The topological polar surface area (TPSA) is 3.24 Å². The molecule has 0 fully saturated rings. The van der Waals surface area contributed by atoms with Crippen LogP contribution in [0.25, 0.3) is 77.5 Å². The number of para-hydroxylation sites is 1. The van der Waals surface area contributed by atoms with Crippen molar-refractivity contribution in [3.63, 3.8) is 0 Å². The van der Waals surface area contributed by atoms with Crippen molar-refractivity contribution in [3.05, 3.63) is 248 Å². The number of anilines is 3. The predicted octanol–water partition coefficient (Wildman–Crippen LogP) is 17.0. The molecule has 1 aliphatic carbocycles. The largest absolute Gasteiger partial charge is 0.310 e. The molecule has 0 atom stereocenters. The van der Waals surface area contributed by atoms with Crippen molar-refractivity contribution in [2.75, 3.05) is 4.90 Å². The molecule has 0 saturated heterocycles. The molecule has 0 radical (unpaired) electrons. The molecule has 0 aliphatic heterocycles. The highest BCUT2D eigenvalue weighted by Gasteiger charge is 2.36. The summed E-state index contributed by atoms with van der Waals surface area (Å²) in [7, 11) is 0. The summed E-state index contributed by atoms with van der Waals surface area (Å²) < 4.78 is 0. The fraction of sp³-hybridized carbons (Fsp3) is 0.0492. The summed E-state index contributed by atoms with van der Waals surface area (Å²) in [5.74, 6) is 0. The zero-order chi connectivity index (χ0) is 41.6. The normalized spacial score (nSPS) is 12.5. The van der Waals surface area contributed by atoms with E-state index >= 15 is 0 Å². The molecule has 0 amide bonds. The maximum absolute atomic E-state index is 2.48. The van der Waals surface area contributed by atoms with Gasteiger partial charge >= 0.3 is 0 Å². The van der Waals surface area contributed by atoms with E-state index in [-0.39, 0.29) is 5.41 Å². The Morgan fingerprint density at radius 3 is 1.58 bits per heavy atom. The van der Waals surface area contributed by atoms with Crippen molar-refractivity contribution in [1.82, 2.24) is 0 Å². The van der Waals surface area contributed by atoms with Crippen molar-refractivity contribution >= 4 is 27.8 Å². The van der Waals surface area contributed by atoms with Crippen LogP contribution < -0.4 is 4.90 Å². The Bertz CT molecular complexity index is 3240. The Kier molecular flexibility index (Phi) is 9.24. The van der Waals surface area contributed by atoms with Gasteiger partial charge in [-0.25, -0.2) is 0 Å². The van der Waals surface area contributed by atoms with Gasteiger partial charge in [-0.15, -0.1) is 0 Å². The van der Waals surface area contributed by atoms with Gasteiger partial charge in [-0.05, 0) is 113 Å². The first-order valence-electron chi connectivity index (χ1n) is 21.6. The molecule has 0 bridgehead atoms. The third-order valence-electron chi connectivity index (χ3n) is 12.9. The summed E-state index contributed by atoms with van der Waals surface area (Å²) >= 11 is 0. The van der Waals surface area contributed by atoms with Gasteiger partial charge in [0, 0.05) is 22.4 Å². The minimum Gasteiger partial charge on any atom is -0.310 e. The summed E-state index contributed by atoms with van der Waals surface area (Å²) in [6.07, 6.45) is 0. The molecule has 0 N–H and O–H groups in total. The van der Waals surface area contributed by atoms with Crippen LogP contribution in [0.5, 0.6) is 0 Å². The highest BCUT2D eigenvalue weighted by Crippen LogP contribution is 2.52. The molecule has 10 aromatic rings. The molecule has 0 aromatic heterocycles. The zero-order valence-corrected chi connectivity index (χ0v) is 35.0. The molecule has 10 aromatic carbocycles. The van der Waals surface area contributed by atoms with Crippen LogP contribution in [0, 0.1) is 0 Å². The Morgan fingerprint density at radius 1 is 0.306 bits per heavy atom. The highest BCUT2D eigenvalue weighted by atomic mass is 15.1. The van der Waals surface area contributed by atoms with Crippen molar-refractivity contribution in [2.24, 2.45) is 0 Å². The maximum Gasteiger partial charge on any atom is 0.0540 e. The van der Waals surface area contributed by atoms with E-state index in [0.29, 0.717) is 0 Å². The number of fused-ring (bicyclic) bond motifs is 4. The van der Waals surface area contributed by atoms with Gasteiger partial charge in [0.1, 0.15) is 0 Å². The lowest BCUT2D eigenvalue weighted by atomic mass is 9.82. The number of rotatable bonds is 8. The third kappa shape index (κ3) is 6.33. The Hall–Kier alpha value is -7.74. The summed E-state index contributed by atoms with van der Waals surface area (Å²) in [5, 5.41) is 2.50. The molecule has 1 nitrogen and oxygen atoms in total. The first kappa shape index (κ1) is 37.3. The Morgan fingerprint density at radius 2 is 0.806 bits per heavy atom. The Balaban J connectivity index is 1.15. The van der Waals surface area contributed by atoms with Crippen LogP contribution in [-0.2, 0) is 5.41 Å². The lowest BCUT2D eigenvalue weighted by Gasteiger charge is -2.30. The van der Waals surface area contributed by atoms with Gasteiger partial charge in [0.05, 0.1) is 5.69 Å². The molecular weight excluding hydrogens is 747 g/mol. The van der Waals surface area contributed by atoms with E-state index < -0.39 is 0 Å². The van der Waals surface area contributed by atoms with Gasteiger partial charge < -0.3 is 4.90 Å². The van der Waals surface area contributed by atoms with Crippen molar-refractivity contribution in [2.45, 2.75) is 19.3 Å². The van der Waals surface area contributed by atoms with Crippen molar-refractivity contribution < 1.29 is 0 Å². The summed E-state index contributed by atoms with van der Waals surface area (Å²) in [4.78, 5) is 2.48. The second-order valence-corrected chi connectivity index (χ2v) is 16.8. The molecule has 294 valence electrons. The fourth-order valence-corrected chi connectivity index (χ4v) is 9.92. The molecule has 0 spiro atoms. The average Bonchev–Trinajstić information content (AvgIpc) is 3.57. The van der Waals surface area contributed by atoms with Crippen LogP contribution in [0.3, 0.4) is 0 Å². The standard InChI is InChI=1S/C61H45N/c1-61(2)57-33-15-13-27-52(57)53-40-39-47(41-58(53)61)62(46-37-35-45(36-38-46)49-30-17-24-43-23-9-10-25-48(43)49)59-34-16-14-28-54(59)56-32-18-31-51(44-21-7-4-8-22-44)60(56)55-29-12-11-26-50(55)42-19-5-3-6-20-42/h3-41H,1-2H3. The molecule has 11 rings (SSSR count). The van der Waals surface area contributed by atoms with Crippen LogP contribution in [0.1, 0.15) is 25.0 Å². The fourth-order valence-electron chi connectivity index (χ4n) is 9.92. The maximum atomic E-state index is 2.48. The molecule has 1 heteroatoms. The first-order chi connectivity index (χ1) is 30.5. The van der Waals surface area contributed by atoms with Gasteiger partial charge in [0.2, 0.25) is 0 Å². The quantitative estimate of drug-likeness (QED) is 0.148. The lowest BCUT2D eigenvalue weighted by Crippen LogP contribution is -2.17. The van der Waals surface area contributed by atoms with Crippen LogP contribution in [0.4, 0.5) is 17.1 Å². The van der Waals surface area contributed by atoms with Crippen LogP contribution >= 0.6 is 0 Å². The van der Waals surface area contributed by atoms with Crippen molar-refractivity contribution in [3.8, 4) is 66.8 Å². The zero-order valence-electron chi connectivity index (χ0n) is 35.0. The van der Waals surface area contributed by atoms with E-state index in [2.05, 4.69) is 255 Å². The average molecular weight is 792 g/mol. The smallest absolute Gasteiger partial charge is 0.0540 e. The minimum absolute atomic E-state index is 0.149. The highest BCUT2D eigenvalue weighted by molar-refractivity contribution is 6.03. The summed E-state index contributed by atoms with van der Waals surface area (Å²) in [5.41, 5.74) is 20.5. The van der Waals surface area contributed by atoms with Crippen LogP contribution in [0.2, 0.25) is 0 Å². The van der Waals surface area contributed by atoms with Crippen LogP contribution in [0.15, 0.2) is 237 Å². The number of nitrogens with zero attached hydrogens (tertiary/aromatic N) is 1. The van der Waals surface area contributed by atoms with E-state index in [1.165, 1.54) is 83.1 Å². The molecule has 0 saturated carbocycles.